The third kappa shape index (κ3) is 3.76. The molecule has 0 aliphatic heterocycles. The van der Waals surface area contributed by atoms with E-state index in [0.717, 1.165) is 17.9 Å². The molecular weight excluding hydrogens is 194 g/mol. The van der Waals surface area contributed by atoms with Crippen molar-refractivity contribution in [1.29, 1.82) is 0 Å². The molecule has 0 aromatic rings. The smallest absolute Gasteiger partial charge is 0.00672 e. The molecule has 0 saturated heterocycles. The van der Waals surface area contributed by atoms with Crippen molar-refractivity contribution in [3.8, 4) is 0 Å². The summed E-state index contributed by atoms with van der Waals surface area (Å²) >= 11 is 0. The van der Waals surface area contributed by atoms with Gasteiger partial charge in [-0.1, -0.05) is 39.0 Å². The van der Waals surface area contributed by atoms with E-state index in [4.69, 9.17) is 0 Å². The summed E-state index contributed by atoms with van der Waals surface area (Å²) in [6.45, 7) is 3.61. The summed E-state index contributed by atoms with van der Waals surface area (Å²) in [5, 5.41) is 3.78. The van der Waals surface area contributed by atoms with Gasteiger partial charge in [0.2, 0.25) is 0 Å². The van der Waals surface area contributed by atoms with Gasteiger partial charge < -0.3 is 5.32 Å². The maximum Gasteiger partial charge on any atom is 0.00672 e. The second-order valence-electron chi connectivity index (χ2n) is 6.05. The SMILES string of the molecule is CCCC1CCC(NCCC2CCC2)CC1. The summed E-state index contributed by atoms with van der Waals surface area (Å²) in [4.78, 5) is 0. The molecule has 1 heteroatoms. The van der Waals surface area contributed by atoms with Gasteiger partial charge in [-0.3, -0.25) is 0 Å². The summed E-state index contributed by atoms with van der Waals surface area (Å²) in [5.74, 6) is 2.12. The van der Waals surface area contributed by atoms with Crippen LogP contribution in [0.3, 0.4) is 0 Å². The lowest BCUT2D eigenvalue weighted by molar-refractivity contribution is 0.255. The van der Waals surface area contributed by atoms with Crippen molar-refractivity contribution < 1.29 is 0 Å². The second kappa shape index (κ2) is 6.64. The third-order valence-corrected chi connectivity index (χ3v) is 4.75. The fourth-order valence-corrected chi connectivity index (χ4v) is 3.34. The second-order valence-corrected chi connectivity index (χ2v) is 6.05. The molecule has 0 radical (unpaired) electrons. The zero-order chi connectivity index (χ0) is 11.2. The van der Waals surface area contributed by atoms with Gasteiger partial charge in [-0.25, -0.2) is 0 Å². The van der Waals surface area contributed by atoms with Gasteiger partial charge in [-0.15, -0.1) is 0 Å². The molecule has 0 spiro atoms. The van der Waals surface area contributed by atoms with Crippen LogP contribution in [0.5, 0.6) is 0 Å². The first-order valence-electron chi connectivity index (χ1n) is 7.62. The summed E-state index contributed by atoms with van der Waals surface area (Å²) in [6.07, 6.45) is 14.6. The van der Waals surface area contributed by atoms with E-state index in [2.05, 4.69) is 12.2 Å². The first-order valence-corrected chi connectivity index (χ1v) is 7.62. The Labute approximate surface area is 101 Å². The van der Waals surface area contributed by atoms with Gasteiger partial charge in [0.15, 0.2) is 0 Å². The van der Waals surface area contributed by atoms with Crippen molar-refractivity contribution in [2.45, 2.75) is 77.2 Å². The minimum atomic E-state index is 0.855. The van der Waals surface area contributed by atoms with E-state index >= 15 is 0 Å². The van der Waals surface area contributed by atoms with Crippen molar-refractivity contribution >= 4 is 0 Å². The minimum absolute atomic E-state index is 0.855. The zero-order valence-electron chi connectivity index (χ0n) is 11.0. The van der Waals surface area contributed by atoms with Crippen LogP contribution in [0.15, 0.2) is 0 Å². The van der Waals surface area contributed by atoms with Crippen LogP contribution in [0.25, 0.3) is 0 Å². The predicted molar refractivity (Wildman–Crippen MR) is 70.6 cm³/mol. The molecule has 2 fully saturated rings. The summed E-state index contributed by atoms with van der Waals surface area (Å²) in [6, 6.07) is 0.855. The van der Waals surface area contributed by atoms with Crippen LogP contribution in [-0.4, -0.2) is 12.6 Å². The fourth-order valence-electron chi connectivity index (χ4n) is 3.34. The predicted octanol–water partition coefficient (Wildman–Crippen LogP) is 4.13. The Bertz CT molecular complexity index is 178. The van der Waals surface area contributed by atoms with E-state index in [1.807, 2.05) is 0 Å². The molecule has 0 amide bonds. The van der Waals surface area contributed by atoms with Gasteiger partial charge in [0, 0.05) is 6.04 Å². The number of hydrogen-bond donors (Lipinski definition) is 1. The minimum Gasteiger partial charge on any atom is -0.314 e. The first-order chi connectivity index (χ1) is 7.88. The first kappa shape index (κ1) is 12.4. The van der Waals surface area contributed by atoms with E-state index in [-0.39, 0.29) is 0 Å². The van der Waals surface area contributed by atoms with Crippen LogP contribution < -0.4 is 5.32 Å². The monoisotopic (exact) mass is 223 g/mol. The van der Waals surface area contributed by atoms with Crippen LogP contribution >= 0.6 is 0 Å². The molecule has 0 aromatic heterocycles. The van der Waals surface area contributed by atoms with Gasteiger partial charge in [0.25, 0.3) is 0 Å². The van der Waals surface area contributed by atoms with Gasteiger partial charge in [-0.2, -0.15) is 0 Å². The molecule has 1 N–H and O–H groups in total. The summed E-state index contributed by atoms with van der Waals surface area (Å²) < 4.78 is 0. The Balaban J connectivity index is 1.51. The van der Waals surface area contributed by atoms with Crippen molar-refractivity contribution in [3.63, 3.8) is 0 Å². The Morgan fingerprint density at radius 3 is 2.12 bits per heavy atom. The molecule has 2 aliphatic rings. The van der Waals surface area contributed by atoms with Crippen molar-refractivity contribution in [1.82, 2.24) is 5.32 Å². The van der Waals surface area contributed by atoms with Gasteiger partial charge >= 0.3 is 0 Å². The molecule has 2 saturated carbocycles. The molecule has 0 atom stereocenters. The van der Waals surface area contributed by atoms with E-state index in [9.17, 15) is 0 Å². The number of rotatable bonds is 6. The molecule has 16 heavy (non-hydrogen) atoms. The van der Waals surface area contributed by atoms with Gasteiger partial charge in [-0.05, 0) is 50.5 Å². The molecule has 0 aromatic carbocycles. The lowest BCUT2D eigenvalue weighted by Crippen LogP contribution is -2.35. The number of nitrogens with one attached hydrogen (secondary N) is 1. The Morgan fingerprint density at radius 2 is 1.56 bits per heavy atom. The molecule has 2 rings (SSSR count). The normalized spacial score (nSPS) is 31.3. The fraction of sp³-hybridized carbons (Fsp3) is 1.00. The van der Waals surface area contributed by atoms with Crippen LogP contribution in [0.4, 0.5) is 0 Å². The van der Waals surface area contributed by atoms with E-state index in [1.165, 1.54) is 70.8 Å². The van der Waals surface area contributed by atoms with Gasteiger partial charge in [0.05, 0.1) is 0 Å². The topological polar surface area (TPSA) is 12.0 Å². The quantitative estimate of drug-likeness (QED) is 0.714. The van der Waals surface area contributed by atoms with E-state index in [0.29, 0.717) is 0 Å². The average molecular weight is 223 g/mol. The maximum absolute atomic E-state index is 3.78. The van der Waals surface area contributed by atoms with E-state index in [1.54, 1.807) is 0 Å². The highest BCUT2D eigenvalue weighted by atomic mass is 14.9. The molecule has 2 aliphatic carbocycles. The summed E-state index contributed by atoms with van der Waals surface area (Å²) in [5.41, 5.74) is 0. The zero-order valence-corrected chi connectivity index (χ0v) is 11.0. The lowest BCUT2D eigenvalue weighted by Gasteiger charge is -2.30. The van der Waals surface area contributed by atoms with Crippen LogP contribution in [-0.2, 0) is 0 Å². The van der Waals surface area contributed by atoms with E-state index < -0.39 is 0 Å². The Hall–Kier alpha value is -0.0400. The highest BCUT2D eigenvalue weighted by Crippen LogP contribution is 2.30. The largest absolute Gasteiger partial charge is 0.314 e. The third-order valence-electron chi connectivity index (χ3n) is 4.75. The van der Waals surface area contributed by atoms with Crippen molar-refractivity contribution in [2.75, 3.05) is 6.54 Å². The maximum atomic E-state index is 3.78. The average Bonchev–Trinajstić information content (AvgIpc) is 2.24. The Morgan fingerprint density at radius 1 is 0.875 bits per heavy atom. The lowest BCUT2D eigenvalue weighted by atomic mass is 9.82. The molecule has 0 heterocycles. The Kier molecular flexibility index (Phi) is 5.15. The molecular formula is C15H29N. The molecule has 94 valence electrons. The van der Waals surface area contributed by atoms with Gasteiger partial charge in [0.1, 0.15) is 0 Å². The van der Waals surface area contributed by atoms with Crippen molar-refractivity contribution in [2.24, 2.45) is 11.8 Å². The molecule has 0 unspecified atom stereocenters. The van der Waals surface area contributed by atoms with Crippen LogP contribution in [0.1, 0.15) is 71.1 Å². The molecule has 0 bridgehead atoms. The highest BCUT2D eigenvalue weighted by molar-refractivity contribution is 4.78. The van der Waals surface area contributed by atoms with Crippen LogP contribution in [0.2, 0.25) is 0 Å². The highest BCUT2D eigenvalue weighted by Gasteiger charge is 2.21. The molecule has 1 nitrogen and oxygen atoms in total. The number of hydrogen-bond acceptors (Lipinski definition) is 1. The summed E-state index contributed by atoms with van der Waals surface area (Å²) in [7, 11) is 0. The standard InChI is InChI=1S/C15H29N/c1-2-4-13-7-9-15(10-8-13)16-12-11-14-5-3-6-14/h13-16H,2-12H2,1H3. The van der Waals surface area contributed by atoms with Crippen molar-refractivity contribution in [3.05, 3.63) is 0 Å². The van der Waals surface area contributed by atoms with Crippen LogP contribution in [0, 0.1) is 11.8 Å².